The molecule has 5 N–H and O–H groups in total. The third kappa shape index (κ3) is 2.57. The van der Waals surface area contributed by atoms with Gasteiger partial charge in [-0.3, -0.25) is 9.59 Å². The third-order valence-electron chi connectivity index (χ3n) is 4.38. The number of hydrogen-bond donors (Lipinski definition) is 3. The Bertz CT molecular complexity index is 1060. The number of hydrogen-bond acceptors (Lipinski definition) is 6. The molecule has 1 aliphatic rings. The molecule has 0 bridgehead atoms. The highest BCUT2D eigenvalue weighted by molar-refractivity contribution is 5.96. The second-order valence-corrected chi connectivity index (χ2v) is 5.97. The summed E-state index contributed by atoms with van der Waals surface area (Å²) in [7, 11) is 0. The van der Waals surface area contributed by atoms with Gasteiger partial charge in [0.2, 0.25) is 5.95 Å². The maximum atomic E-state index is 12.8. The highest BCUT2D eigenvalue weighted by Gasteiger charge is 2.26. The molecule has 3 heterocycles. The first-order chi connectivity index (χ1) is 12.0. The smallest absolute Gasteiger partial charge is 0.270 e. The van der Waals surface area contributed by atoms with Gasteiger partial charge in [0.15, 0.2) is 0 Å². The fourth-order valence-corrected chi connectivity index (χ4v) is 3.13. The van der Waals surface area contributed by atoms with Crippen molar-refractivity contribution in [3.63, 3.8) is 0 Å². The number of rotatable bonds is 1. The summed E-state index contributed by atoms with van der Waals surface area (Å²) < 4.78 is 0. The van der Waals surface area contributed by atoms with Crippen LogP contribution < -0.4 is 17.0 Å². The third-order valence-corrected chi connectivity index (χ3v) is 4.38. The summed E-state index contributed by atoms with van der Waals surface area (Å²) in [5.41, 5.74) is 13.0. The summed E-state index contributed by atoms with van der Waals surface area (Å²) in [5, 5.41) is 1.28. The van der Waals surface area contributed by atoms with E-state index in [1.807, 2.05) is 12.1 Å². The predicted molar refractivity (Wildman–Crippen MR) is 93.9 cm³/mol. The van der Waals surface area contributed by atoms with Gasteiger partial charge in [-0.25, -0.2) is 4.98 Å². The fraction of sp³-hybridized carbons (Fsp3) is 0.176. The number of pyridine rings is 1. The average Bonchev–Trinajstić information content (AvgIpc) is 2.60. The molecule has 1 aromatic carbocycles. The summed E-state index contributed by atoms with van der Waals surface area (Å²) >= 11 is 0. The second kappa shape index (κ2) is 5.59. The van der Waals surface area contributed by atoms with E-state index in [1.165, 1.54) is 0 Å². The molecule has 0 aliphatic carbocycles. The second-order valence-electron chi connectivity index (χ2n) is 5.97. The van der Waals surface area contributed by atoms with Gasteiger partial charge in [-0.05, 0) is 17.5 Å². The molecule has 0 spiro atoms. The number of nitrogens with two attached hydrogens (primary N) is 2. The molecular weight excluding hydrogens is 320 g/mol. The number of aromatic amines is 1. The fourth-order valence-electron chi connectivity index (χ4n) is 3.13. The number of aromatic nitrogens is 3. The van der Waals surface area contributed by atoms with Crippen molar-refractivity contribution in [3.8, 4) is 0 Å². The van der Waals surface area contributed by atoms with Crippen molar-refractivity contribution in [1.82, 2.24) is 19.9 Å². The van der Waals surface area contributed by atoms with E-state index in [4.69, 9.17) is 11.5 Å². The molecule has 4 rings (SSSR count). The van der Waals surface area contributed by atoms with Crippen molar-refractivity contribution in [2.75, 3.05) is 18.0 Å². The Morgan fingerprint density at radius 2 is 2.00 bits per heavy atom. The first-order valence-corrected chi connectivity index (χ1v) is 7.85. The number of carbonyl (C=O) groups is 1. The van der Waals surface area contributed by atoms with E-state index < -0.39 is 0 Å². The minimum absolute atomic E-state index is 0.134. The average molecular weight is 336 g/mol. The van der Waals surface area contributed by atoms with Crippen molar-refractivity contribution in [2.24, 2.45) is 0 Å². The number of benzene rings is 1. The molecule has 0 radical (unpaired) electrons. The van der Waals surface area contributed by atoms with Crippen LogP contribution in [0.2, 0.25) is 0 Å². The van der Waals surface area contributed by atoms with Gasteiger partial charge < -0.3 is 21.4 Å². The molecule has 0 saturated heterocycles. The topological polar surface area (TPSA) is 131 Å². The molecule has 1 amide bonds. The van der Waals surface area contributed by atoms with Gasteiger partial charge in [0.05, 0.1) is 12.2 Å². The van der Waals surface area contributed by atoms with E-state index in [-0.39, 0.29) is 35.5 Å². The molecule has 0 fully saturated rings. The highest BCUT2D eigenvalue weighted by atomic mass is 16.2. The quantitative estimate of drug-likeness (QED) is 0.599. The maximum absolute atomic E-state index is 12.8. The molecule has 126 valence electrons. The summed E-state index contributed by atoms with van der Waals surface area (Å²) in [4.78, 5) is 37.5. The number of nitrogens with zero attached hydrogens (tertiary/aromatic N) is 3. The van der Waals surface area contributed by atoms with Crippen molar-refractivity contribution in [1.29, 1.82) is 0 Å². The molecule has 0 saturated carbocycles. The molecule has 8 nitrogen and oxygen atoms in total. The number of amides is 1. The summed E-state index contributed by atoms with van der Waals surface area (Å²) in [5.74, 6) is 0.159. The Kier molecular flexibility index (Phi) is 3.38. The van der Waals surface area contributed by atoms with Crippen LogP contribution in [0, 0.1) is 0 Å². The van der Waals surface area contributed by atoms with Gasteiger partial charge in [0.1, 0.15) is 11.5 Å². The molecule has 2 aromatic heterocycles. The number of carbonyl (C=O) groups excluding carboxylic acids is 1. The summed E-state index contributed by atoms with van der Waals surface area (Å²) in [6, 6.07) is 8.84. The SMILES string of the molecule is Nc1nc(N)c2c(n1)CCN(C(=O)c1cc3ccccc3c(=O)[nH]1)C2. The van der Waals surface area contributed by atoms with Gasteiger partial charge in [-0.15, -0.1) is 0 Å². The maximum Gasteiger partial charge on any atom is 0.270 e. The zero-order valence-corrected chi connectivity index (χ0v) is 13.3. The lowest BCUT2D eigenvalue weighted by molar-refractivity contribution is 0.0728. The van der Waals surface area contributed by atoms with Crippen LogP contribution in [-0.2, 0) is 13.0 Å². The van der Waals surface area contributed by atoms with E-state index in [2.05, 4.69) is 15.0 Å². The van der Waals surface area contributed by atoms with Crippen LogP contribution in [-0.4, -0.2) is 32.3 Å². The van der Waals surface area contributed by atoms with Crippen LogP contribution in [0.4, 0.5) is 11.8 Å². The van der Waals surface area contributed by atoms with E-state index in [0.29, 0.717) is 23.9 Å². The Labute approximate surface area is 142 Å². The van der Waals surface area contributed by atoms with Crippen molar-refractivity contribution in [2.45, 2.75) is 13.0 Å². The zero-order chi connectivity index (χ0) is 17.6. The Morgan fingerprint density at radius 1 is 1.20 bits per heavy atom. The lowest BCUT2D eigenvalue weighted by Gasteiger charge is -2.28. The summed E-state index contributed by atoms with van der Waals surface area (Å²) in [6.45, 7) is 0.756. The lowest BCUT2D eigenvalue weighted by Crippen LogP contribution is -2.38. The minimum Gasteiger partial charge on any atom is -0.383 e. The Balaban J connectivity index is 1.69. The van der Waals surface area contributed by atoms with E-state index in [0.717, 1.165) is 11.1 Å². The van der Waals surface area contributed by atoms with E-state index in [1.54, 1.807) is 23.1 Å². The van der Waals surface area contributed by atoms with Gasteiger partial charge >= 0.3 is 0 Å². The Hall–Kier alpha value is -3.42. The van der Waals surface area contributed by atoms with Crippen LogP contribution in [0.5, 0.6) is 0 Å². The van der Waals surface area contributed by atoms with Crippen LogP contribution in [0.3, 0.4) is 0 Å². The first-order valence-electron chi connectivity index (χ1n) is 7.85. The minimum atomic E-state index is -0.283. The molecule has 0 unspecified atom stereocenters. The molecule has 25 heavy (non-hydrogen) atoms. The summed E-state index contributed by atoms with van der Waals surface area (Å²) in [6.07, 6.45) is 0.538. The Morgan fingerprint density at radius 3 is 2.84 bits per heavy atom. The largest absolute Gasteiger partial charge is 0.383 e. The van der Waals surface area contributed by atoms with Crippen LogP contribution in [0.1, 0.15) is 21.7 Å². The molecule has 1 aliphatic heterocycles. The monoisotopic (exact) mass is 336 g/mol. The number of nitrogens with one attached hydrogen (secondary N) is 1. The van der Waals surface area contributed by atoms with Crippen LogP contribution in [0.15, 0.2) is 35.1 Å². The molecule has 3 aromatic rings. The van der Waals surface area contributed by atoms with Crippen LogP contribution >= 0.6 is 0 Å². The van der Waals surface area contributed by atoms with Gasteiger partial charge in [0.25, 0.3) is 11.5 Å². The van der Waals surface area contributed by atoms with Crippen molar-refractivity contribution >= 4 is 28.4 Å². The molecule has 8 heteroatoms. The lowest BCUT2D eigenvalue weighted by atomic mass is 10.1. The van der Waals surface area contributed by atoms with Gasteiger partial charge in [-0.1, -0.05) is 18.2 Å². The van der Waals surface area contributed by atoms with Gasteiger partial charge in [0, 0.05) is 23.9 Å². The number of anilines is 2. The number of fused-ring (bicyclic) bond motifs is 2. The zero-order valence-electron chi connectivity index (χ0n) is 13.3. The van der Waals surface area contributed by atoms with Crippen LogP contribution in [0.25, 0.3) is 10.8 Å². The molecular formula is C17H16N6O2. The number of nitrogen functional groups attached to an aromatic ring is 2. The predicted octanol–water partition coefficient (Wildman–Crippen LogP) is 0.681. The first kappa shape index (κ1) is 15.1. The molecule has 0 atom stereocenters. The van der Waals surface area contributed by atoms with Crippen molar-refractivity contribution in [3.05, 3.63) is 57.6 Å². The highest BCUT2D eigenvalue weighted by Crippen LogP contribution is 2.23. The van der Waals surface area contributed by atoms with Gasteiger partial charge in [-0.2, -0.15) is 4.98 Å². The standard InChI is InChI=1S/C17H16N6O2/c18-14-11-8-23(6-5-12(11)21-17(19)22-14)16(25)13-7-9-3-1-2-4-10(9)15(24)20-13/h1-4,7H,5-6,8H2,(H,20,24)(H4,18,19,21,22). The van der Waals surface area contributed by atoms with Crippen molar-refractivity contribution < 1.29 is 4.79 Å². The van der Waals surface area contributed by atoms with E-state index >= 15 is 0 Å². The normalized spacial score (nSPS) is 13.7. The van der Waals surface area contributed by atoms with E-state index in [9.17, 15) is 9.59 Å². The number of H-pyrrole nitrogens is 1.